The Morgan fingerprint density at radius 2 is 1.62 bits per heavy atom. The van der Waals surface area contributed by atoms with E-state index in [2.05, 4.69) is 59.5 Å². The molecule has 24 heavy (non-hydrogen) atoms. The highest BCUT2D eigenvalue weighted by Crippen LogP contribution is 2.22. The van der Waals surface area contributed by atoms with E-state index in [0.717, 1.165) is 32.7 Å². The fourth-order valence-electron chi connectivity index (χ4n) is 3.37. The Kier molecular flexibility index (Phi) is 6.41. The lowest BCUT2D eigenvalue weighted by atomic mass is 9.94. The molecule has 0 amide bonds. The van der Waals surface area contributed by atoms with E-state index in [4.69, 9.17) is 9.47 Å². The normalized spacial score (nSPS) is 21.7. The van der Waals surface area contributed by atoms with Crippen molar-refractivity contribution in [3.8, 4) is 0 Å². The average molecular weight is 325 g/mol. The highest BCUT2D eigenvalue weighted by molar-refractivity contribution is 5.15. The smallest absolute Gasteiger partial charge is 0.0748 e. The summed E-state index contributed by atoms with van der Waals surface area (Å²) in [7, 11) is 1.82. The minimum Gasteiger partial charge on any atom is -0.380 e. The molecule has 0 aromatic heterocycles. The molecule has 0 spiro atoms. The van der Waals surface area contributed by atoms with Gasteiger partial charge in [-0.25, -0.2) is 0 Å². The zero-order chi connectivity index (χ0) is 16.6. The molecule has 1 aliphatic heterocycles. The molecule has 0 radical (unpaired) electrons. The molecule has 1 aliphatic rings. The number of methoxy groups -OCH3 is 1. The quantitative estimate of drug-likeness (QED) is 0.774. The lowest BCUT2D eigenvalue weighted by Gasteiger charge is -2.37. The number of piperidine rings is 1. The molecule has 2 aromatic carbocycles. The van der Waals surface area contributed by atoms with Gasteiger partial charge in [0.1, 0.15) is 0 Å². The third-order valence-electron chi connectivity index (χ3n) is 4.78. The number of nitrogens with zero attached hydrogens (tertiary/aromatic N) is 1. The summed E-state index contributed by atoms with van der Waals surface area (Å²) in [5.74, 6) is 0.478. The number of rotatable bonds is 7. The van der Waals surface area contributed by atoms with Gasteiger partial charge in [-0.2, -0.15) is 0 Å². The summed E-state index contributed by atoms with van der Waals surface area (Å²) in [5, 5.41) is 0. The summed E-state index contributed by atoms with van der Waals surface area (Å²) >= 11 is 0. The molecule has 2 aromatic rings. The molecule has 0 aliphatic carbocycles. The molecule has 3 rings (SSSR count). The van der Waals surface area contributed by atoms with E-state index in [0.29, 0.717) is 12.5 Å². The Morgan fingerprint density at radius 1 is 0.958 bits per heavy atom. The molecule has 3 nitrogen and oxygen atoms in total. The summed E-state index contributed by atoms with van der Waals surface area (Å²) in [6.45, 7) is 4.53. The van der Waals surface area contributed by atoms with Crippen LogP contribution in [0.15, 0.2) is 60.7 Å². The highest BCUT2D eigenvalue weighted by Gasteiger charge is 2.29. The van der Waals surface area contributed by atoms with Crippen LogP contribution in [0.1, 0.15) is 17.5 Å². The number of hydrogen-bond donors (Lipinski definition) is 0. The summed E-state index contributed by atoms with van der Waals surface area (Å²) in [4.78, 5) is 2.48. The van der Waals surface area contributed by atoms with Crippen molar-refractivity contribution in [1.29, 1.82) is 0 Å². The van der Waals surface area contributed by atoms with Crippen molar-refractivity contribution < 1.29 is 9.47 Å². The molecular weight excluding hydrogens is 298 g/mol. The predicted molar refractivity (Wildman–Crippen MR) is 96.7 cm³/mol. The van der Waals surface area contributed by atoms with Crippen LogP contribution in [0.4, 0.5) is 0 Å². The van der Waals surface area contributed by atoms with Crippen molar-refractivity contribution in [2.45, 2.75) is 25.7 Å². The maximum absolute atomic E-state index is 5.95. The van der Waals surface area contributed by atoms with Crippen LogP contribution < -0.4 is 0 Å². The fraction of sp³-hybridized carbons (Fsp3) is 0.429. The average Bonchev–Trinajstić information content (AvgIpc) is 2.64. The molecule has 0 saturated carbocycles. The van der Waals surface area contributed by atoms with Gasteiger partial charge in [0.2, 0.25) is 0 Å². The largest absolute Gasteiger partial charge is 0.380 e. The minimum absolute atomic E-state index is 0.248. The van der Waals surface area contributed by atoms with Gasteiger partial charge in [-0.3, -0.25) is 4.90 Å². The fourth-order valence-corrected chi connectivity index (χ4v) is 3.37. The summed E-state index contributed by atoms with van der Waals surface area (Å²) in [6, 6.07) is 21.0. The van der Waals surface area contributed by atoms with E-state index in [9.17, 15) is 0 Å². The molecule has 1 heterocycles. The zero-order valence-electron chi connectivity index (χ0n) is 14.4. The molecule has 1 saturated heterocycles. The predicted octanol–water partition coefficient (Wildman–Crippen LogP) is 3.74. The number of benzene rings is 2. The Bertz CT molecular complexity index is 587. The molecular formula is C21H27NO2. The second-order valence-corrected chi connectivity index (χ2v) is 6.54. The zero-order valence-corrected chi connectivity index (χ0v) is 14.4. The van der Waals surface area contributed by atoms with E-state index in [1.54, 1.807) is 0 Å². The summed E-state index contributed by atoms with van der Waals surface area (Å²) in [5.41, 5.74) is 2.60. The van der Waals surface area contributed by atoms with Crippen LogP contribution in [0, 0.1) is 5.92 Å². The minimum atomic E-state index is 0.248. The van der Waals surface area contributed by atoms with Gasteiger partial charge in [0.15, 0.2) is 0 Å². The van der Waals surface area contributed by atoms with E-state index in [1.165, 1.54) is 11.1 Å². The van der Waals surface area contributed by atoms with Crippen molar-refractivity contribution >= 4 is 0 Å². The van der Waals surface area contributed by atoms with Gasteiger partial charge in [-0.05, 0) is 24.1 Å². The van der Waals surface area contributed by atoms with Crippen LogP contribution in [-0.4, -0.2) is 37.8 Å². The molecule has 0 N–H and O–H groups in total. The Labute approximate surface area is 145 Å². The number of hydrogen-bond acceptors (Lipinski definition) is 3. The maximum atomic E-state index is 5.95. The molecule has 3 heteroatoms. The second-order valence-electron chi connectivity index (χ2n) is 6.54. The van der Waals surface area contributed by atoms with Crippen molar-refractivity contribution in [3.63, 3.8) is 0 Å². The van der Waals surface area contributed by atoms with Crippen molar-refractivity contribution in [2.75, 3.05) is 26.8 Å². The van der Waals surface area contributed by atoms with Gasteiger partial charge in [0, 0.05) is 26.1 Å². The van der Waals surface area contributed by atoms with Crippen molar-refractivity contribution in [2.24, 2.45) is 5.92 Å². The molecule has 2 unspecified atom stereocenters. The summed E-state index contributed by atoms with van der Waals surface area (Å²) < 4.78 is 11.7. The molecule has 128 valence electrons. The van der Waals surface area contributed by atoms with Crippen LogP contribution >= 0.6 is 0 Å². The van der Waals surface area contributed by atoms with Crippen molar-refractivity contribution in [1.82, 2.24) is 4.90 Å². The standard InChI is InChI=1S/C21H27NO2/c1-23-21-15-22(14-18-8-4-2-5-9-18)13-12-20(21)17-24-16-19-10-6-3-7-11-19/h2-11,20-21H,12-17H2,1H3. The Morgan fingerprint density at radius 3 is 2.29 bits per heavy atom. The SMILES string of the molecule is COC1CN(Cc2ccccc2)CCC1COCc1ccccc1. The van der Waals surface area contributed by atoms with Gasteiger partial charge in [0.25, 0.3) is 0 Å². The van der Waals surface area contributed by atoms with Gasteiger partial charge < -0.3 is 9.47 Å². The highest BCUT2D eigenvalue weighted by atomic mass is 16.5. The topological polar surface area (TPSA) is 21.7 Å². The van der Waals surface area contributed by atoms with E-state index >= 15 is 0 Å². The van der Waals surface area contributed by atoms with Crippen LogP contribution in [0.5, 0.6) is 0 Å². The molecule has 0 bridgehead atoms. The first-order chi connectivity index (χ1) is 11.8. The maximum Gasteiger partial charge on any atom is 0.0748 e. The monoisotopic (exact) mass is 325 g/mol. The second kappa shape index (κ2) is 8.97. The van der Waals surface area contributed by atoms with Crippen LogP contribution in [0.2, 0.25) is 0 Å². The Hall–Kier alpha value is -1.68. The van der Waals surface area contributed by atoms with Crippen LogP contribution in [-0.2, 0) is 22.6 Å². The van der Waals surface area contributed by atoms with Gasteiger partial charge in [0.05, 0.1) is 19.3 Å². The number of likely N-dealkylation sites (tertiary alicyclic amines) is 1. The first-order valence-electron chi connectivity index (χ1n) is 8.76. The first-order valence-corrected chi connectivity index (χ1v) is 8.76. The van der Waals surface area contributed by atoms with Gasteiger partial charge in [-0.1, -0.05) is 60.7 Å². The Balaban J connectivity index is 1.46. The van der Waals surface area contributed by atoms with Crippen molar-refractivity contribution in [3.05, 3.63) is 71.8 Å². The van der Waals surface area contributed by atoms with Gasteiger partial charge in [-0.15, -0.1) is 0 Å². The van der Waals surface area contributed by atoms with Crippen LogP contribution in [0.3, 0.4) is 0 Å². The third-order valence-corrected chi connectivity index (χ3v) is 4.78. The van der Waals surface area contributed by atoms with Gasteiger partial charge >= 0.3 is 0 Å². The first kappa shape index (κ1) is 17.2. The number of ether oxygens (including phenoxy) is 2. The molecule has 2 atom stereocenters. The van der Waals surface area contributed by atoms with Crippen LogP contribution in [0.25, 0.3) is 0 Å². The summed E-state index contributed by atoms with van der Waals surface area (Å²) in [6.07, 6.45) is 1.37. The third kappa shape index (κ3) is 4.91. The lowest BCUT2D eigenvalue weighted by molar-refractivity contribution is -0.0492. The van der Waals surface area contributed by atoms with E-state index in [1.807, 2.05) is 13.2 Å². The van der Waals surface area contributed by atoms with E-state index in [-0.39, 0.29) is 6.10 Å². The lowest BCUT2D eigenvalue weighted by Crippen LogP contribution is -2.45. The molecule has 1 fully saturated rings. The van der Waals surface area contributed by atoms with E-state index < -0.39 is 0 Å².